The molecule has 0 aliphatic heterocycles. The molecule has 9 nitrogen and oxygen atoms in total. The van der Waals surface area contributed by atoms with Gasteiger partial charge < -0.3 is 15.8 Å². The van der Waals surface area contributed by atoms with Crippen molar-refractivity contribution in [2.45, 2.75) is 19.9 Å². The third-order valence-electron chi connectivity index (χ3n) is 4.30. The van der Waals surface area contributed by atoms with E-state index in [4.69, 9.17) is 10.5 Å². The summed E-state index contributed by atoms with van der Waals surface area (Å²) < 4.78 is 6.31. The van der Waals surface area contributed by atoms with Gasteiger partial charge in [-0.05, 0) is 44.2 Å². The second-order valence-electron chi connectivity index (χ2n) is 6.80. The molecule has 30 heavy (non-hydrogen) atoms. The Balaban J connectivity index is 1.75. The number of esters is 1. The van der Waals surface area contributed by atoms with Crippen molar-refractivity contribution >= 4 is 34.2 Å². The van der Waals surface area contributed by atoms with Crippen LogP contribution in [0.25, 0.3) is 10.8 Å². The Bertz CT molecular complexity index is 1180. The van der Waals surface area contributed by atoms with E-state index in [2.05, 4.69) is 10.4 Å². The molecule has 0 radical (unpaired) electrons. The summed E-state index contributed by atoms with van der Waals surface area (Å²) >= 11 is 0. The number of amides is 2. The maximum absolute atomic E-state index is 12.6. The van der Waals surface area contributed by atoms with Crippen LogP contribution in [0.1, 0.15) is 40.7 Å². The van der Waals surface area contributed by atoms with Gasteiger partial charge in [0.15, 0.2) is 12.3 Å². The van der Waals surface area contributed by atoms with E-state index >= 15 is 0 Å². The number of nitrogens with one attached hydrogen (secondary N) is 1. The molecule has 3 rings (SSSR count). The maximum atomic E-state index is 12.6. The average molecular weight is 408 g/mol. The number of nitrogens with two attached hydrogens (primary N) is 1. The number of anilines is 1. The summed E-state index contributed by atoms with van der Waals surface area (Å²) in [6.45, 7) is 3.00. The SMILES string of the molecule is CC(C)n1nc(C(=O)OCC(=O)Nc2ccc(C(N)=O)cc2)c2ccccc2c1=O. The van der Waals surface area contributed by atoms with E-state index in [0.717, 1.165) is 0 Å². The highest BCUT2D eigenvalue weighted by atomic mass is 16.5. The Morgan fingerprint density at radius 1 is 1.07 bits per heavy atom. The van der Waals surface area contributed by atoms with Crippen LogP contribution in [0, 0.1) is 0 Å². The molecule has 0 saturated heterocycles. The highest BCUT2D eigenvalue weighted by Crippen LogP contribution is 2.16. The lowest BCUT2D eigenvalue weighted by Gasteiger charge is -2.13. The van der Waals surface area contributed by atoms with E-state index in [9.17, 15) is 19.2 Å². The third kappa shape index (κ3) is 4.35. The molecule has 0 aliphatic rings. The fraction of sp³-hybridized carbons (Fsp3) is 0.190. The minimum Gasteiger partial charge on any atom is -0.451 e. The number of benzene rings is 2. The van der Waals surface area contributed by atoms with Gasteiger partial charge in [-0.1, -0.05) is 18.2 Å². The van der Waals surface area contributed by atoms with Crippen molar-refractivity contribution in [2.24, 2.45) is 5.73 Å². The van der Waals surface area contributed by atoms with Crippen molar-refractivity contribution in [1.29, 1.82) is 0 Å². The van der Waals surface area contributed by atoms with Crippen molar-refractivity contribution < 1.29 is 19.1 Å². The van der Waals surface area contributed by atoms with Crippen LogP contribution in [0.4, 0.5) is 5.69 Å². The van der Waals surface area contributed by atoms with Gasteiger partial charge >= 0.3 is 5.97 Å². The molecule has 2 aromatic carbocycles. The Morgan fingerprint density at radius 2 is 1.70 bits per heavy atom. The molecule has 0 unspecified atom stereocenters. The minimum atomic E-state index is -0.820. The van der Waals surface area contributed by atoms with Gasteiger partial charge in [-0.2, -0.15) is 5.10 Å². The molecule has 0 aliphatic carbocycles. The van der Waals surface area contributed by atoms with Gasteiger partial charge in [0.05, 0.1) is 11.4 Å². The molecule has 0 atom stereocenters. The van der Waals surface area contributed by atoms with Gasteiger partial charge in [0.25, 0.3) is 11.5 Å². The quantitative estimate of drug-likeness (QED) is 0.598. The van der Waals surface area contributed by atoms with Crippen molar-refractivity contribution in [3.05, 3.63) is 70.1 Å². The summed E-state index contributed by atoms with van der Waals surface area (Å²) in [4.78, 5) is 48.3. The second kappa shape index (κ2) is 8.56. The van der Waals surface area contributed by atoms with E-state index in [1.165, 1.54) is 28.9 Å². The van der Waals surface area contributed by atoms with Crippen molar-refractivity contribution in [3.63, 3.8) is 0 Å². The molecular weight excluding hydrogens is 388 g/mol. The first kappa shape index (κ1) is 20.7. The number of carbonyl (C=O) groups is 3. The van der Waals surface area contributed by atoms with E-state index in [0.29, 0.717) is 22.0 Å². The topological polar surface area (TPSA) is 133 Å². The molecule has 0 saturated carbocycles. The first-order chi connectivity index (χ1) is 14.3. The molecule has 0 fully saturated rings. The number of nitrogens with zero attached hydrogens (tertiary/aromatic N) is 2. The predicted octanol–water partition coefficient (Wildman–Crippen LogP) is 1.87. The monoisotopic (exact) mass is 408 g/mol. The number of ether oxygens (including phenoxy) is 1. The number of carbonyl (C=O) groups excluding carboxylic acids is 3. The zero-order valence-electron chi connectivity index (χ0n) is 16.4. The van der Waals surface area contributed by atoms with E-state index in [1.54, 1.807) is 38.1 Å². The van der Waals surface area contributed by atoms with E-state index in [-0.39, 0.29) is 17.3 Å². The highest BCUT2D eigenvalue weighted by Gasteiger charge is 2.20. The zero-order chi connectivity index (χ0) is 21.8. The average Bonchev–Trinajstić information content (AvgIpc) is 2.72. The van der Waals surface area contributed by atoms with Crippen LogP contribution in [0.5, 0.6) is 0 Å². The molecule has 2 amide bonds. The van der Waals surface area contributed by atoms with E-state index < -0.39 is 24.4 Å². The summed E-state index contributed by atoms with van der Waals surface area (Å²) in [6, 6.07) is 12.3. The van der Waals surface area contributed by atoms with Crippen LogP contribution in [0.2, 0.25) is 0 Å². The predicted molar refractivity (Wildman–Crippen MR) is 110 cm³/mol. The lowest BCUT2D eigenvalue weighted by atomic mass is 10.1. The van der Waals surface area contributed by atoms with Gasteiger partial charge in [-0.25, -0.2) is 9.48 Å². The third-order valence-corrected chi connectivity index (χ3v) is 4.30. The summed E-state index contributed by atoms with van der Waals surface area (Å²) in [6.07, 6.45) is 0. The van der Waals surface area contributed by atoms with Crippen molar-refractivity contribution in [3.8, 4) is 0 Å². The number of primary amides is 1. The smallest absolute Gasteiger partial charge is 0.359 e. The summed E-state index contributed by atoms with van der Waals surface area (Å²) in [5.41, 5.74) is 5.53. The van der Waals surface area contributed by atoms with Gasteiger partial charge in [0.2, 0.25) is 5.91 Å². The molecule has 3 N–H and O–H groups in total. The Labute approximate surface area is 171 Å². The Hall–Kier alpha value is -4.01. The van der Waals surface area contributed by atoms with Crippen molar-refractivity contribution in [2.75, 3.05) is 11.9 Å². The number of hydrogen-bond donors (Lipinski definition) is 2. The largest absolute Gasteiger partial charge is 0.451 e. The zero-order valence-corrected chi connectivity index (χ0v) is 16.4. The van der Waals surface area contributed by atoms with Crippen LogP contribution >= 0.6 is 0 Å². The molecule has 9 heteroatoms. The van der Waals surface area contributed by atoms with Crippen LogP contribution in [-0.2, 0) is 9.53 Å². The number of aromatic nitrogens is 2. The maximum Gasteiger partial charge on any atom is 0.359 e. The summed E-state index contributed by atoms with van der Waals surface area (Å²) in [5.74, 6) is -1.97. The van der Waals surface area contributed by atoms with Crippen LogP contribution in [-0.4, -0.2) is 34.2 Å². The van der Waals surface area contributed by atoms with Gasteiger partial charge in [-0.15, -0.1) is 0 Å². The molecular formula is C21H20N4O5. The molecule has 0 spiro atoms. The number of fused-ring (bicyclic) bond motifs is 1. The lowest BCUT2D eigenvalue weighted by molar-refractivity contribution is -0.119. The minimum absolute atomic E-state index is 0.0440. The molecule has 0 bridgehead atoms. The summed E-state index contributed by atoms with van der Waals surface area (Å²) in [7, 11) is 0. The van der Waals surface area contributed by atoms with Crippen LogP contribution in [0.15, 0.2) is 53.3 Å². The fourth-order valence-corrected chi connectivity index (χ4v) is 2.82. The molecule has 1 heterocycles. The van der Waals surface area contributed by atoms with Gasteiger partial charge in [0, 0.05) is 16.6 Å². The Morgan fingerprint density at radius 3 is 2.30 bits per heavy atom. The van der Waals surface area contributed by atoms with Gasteiger partial charge in [-0.3, -0.25) is 14.4 Å². The summed E-state index contributed by atoms with van der Waals surface area (Å²) in [5, 5.41) is 7.38. The first-order valence-electron chi connectivity index (χ1n) is 9.16. The number of hydrogen-bond acceptors (Lipinski definition) is 6. The van der Waals surface area contributed by atoms with E-state index in [1.807, 2.05) is 0 Å². The normalized spacial score (nSPS) is 10.8. The standard InChI is InChI=1S/C21H20N4O5/c1-12(2)25-20(28)16-6-4-3-5-15(16)18(24-25)21(29)30-11-17(26)23-14-9-7-13(8-10-14)19(22)27/h3-10,12H,11H2,1-2H3,(H2,22,27)(H,23,26). The highest BCUT2D eigenvalue weighted by molar-refractivity contribution is 6.03. The Kier molecular flexibility index (Phi) is 5.91. The fourth-order valence-electron chi connectivity index (χ4n) is 2.82. The molecule has 3 aromatic rings. The lowest BCUT2D eigenvalue weighted by Crippen LogP contribution is -2.28. The molecule has 154 valence electrons. The molecule has 1 aromatic heterocycles. The van der Waals surface area contributed by atoms with Crippen LogP contribution in [0.3, 0.4) is 0 Å². The second-order valence-corrected chi connectivity index (χ2v) is 6.80. The first-order valence-corrected chi connectivity index (χ1v) is 9.16. The van der Waals surface area contributed by atoms with Crippen LogP contribution < -0.4 is 16.6 Å². The van der Waals surface area contributed by atoms with Gasteiger partial charge in [0.1, 0.15) is 0 Å². The number of rotatable bonds is 6. The van der Waals surface area contributed by atoms with Crippen molar-refractivity contribution in [1.82, 2.24) is 9.78 Å².